The summed E-state index contributed by atoms with van der Waals surface area (Å²) in [6, 6.07) is 54.3. The van der Waals surface area contributed by atoms with Crippen molar-refractivity contribution >= 4 is 29.7 Å². The minimum Gasteiger partial charge on any atom is -0.492 e. The number of nitrogens with one attached hydrogen (secondary N) is 3. The predicted octanol–water partition coefficient (Wildman–Crippen LogP) is 9.13. The van der Waals surface area contributed by atoms with Crippen LogP contribution < -0.4 is 26.4 Å². The molecular weight excluding hydrogens is 793 g/mol. The van der Waals surface area contributed by atoms with Crippen molar-refractivity contribution in [1.82, 2.24) is 16.0 Å². The van der Waals surface area contributed by atoms with E-state index in [9.17, 15) is 14.4 Å². The van der Waals surface area contributed by atoms with E-state index in [0.29, 0.717) is 36.6 Å². The third kappa shape index (κ3) is 10.4. The highest BCUT2D eigenvalue weighted by Crippen LogP contribution is 2.48. The summed E-state index contributed by atoms with van der Waals surface area (Å²) >= 11 is 1.76. The number of para-hydroxylation sites is 1. The van der Waals surface area contributed by atoms with E-state index in [2.05, 4.69) is 88.7 Å². The number of carbonyl (C=O) groups is 3. The van der Waals surface area contributed by atoms with E-state index in [-0.39, 0.29) is 12.1 Å². The number of hydrogen-bond donors (Lipinski definition) is 4. The topological polar surface area (TPSA) is 132 Å². The van der Waals surface area contributed by atoms with Gasteiger partial charge in [-0.15, -0.1) is 11.8 Å². The summed E-state index contributed by atoms with van der Waals surface area (Å²) in [5.41, 5.74) is 11.5. The molecule has 3 amide bonds. The van der Waals surface area contributed by atoms with Gasteiger partial charge < -0.3 is 31.2 Å². The van der Waals surface area contributed by atoms with E-state index in [0.717, 1.165) is 33.4 Å². The molecule has 7 rings (SSSR count). The van der Waals surface area contributed by atoms with Crippen LogP contribution in [0.25, 0.3) is 0 Å². The van der Waals surface area contributed by atoms with Crippen molar-refractivity contribution in [3.8, 4) is 5.75 Å². The number of fused-ring (bicyclic) bond motifs is 1. The molecule has 0 saturated heterocycles. The van der Waals surface area contributed by atoms with Gasteiger partial charge in [-0.25, -0.2) is 4.79 Å². The van der Waals surface area contributed by atoms with Crippen LogP contribution >= 0.6 is 11.8 Å². The Hall–Kier alpha value is -6.36. The first kappa shape index (κ1) is 43.7. The zero-order valence-electron chi connectivity index (χ0n) is 35.3. The summed E-state index contributed by atoms with van der Waals surface area (Å²) in [7, 11) is 0. The molecule has 0 spiro atoms. The van der Waals surface area contributed by atoms with Crippen LogP contribution in [-0.2, 0) is 14.3 Å². The second-order valence-corrected chi connectivity index (χ2v) is 17.6. The third-order valence-electron chi connectivity index (χ3n) is 10.9. The van der Waals surface area contributed by atoms with Gasteiger partial charge in [-0.2, -0.15) is 0 Å². The summed E-state index contributed by atoms with van der Waals surface area (Å²) in [5, 5.41) is 9.88. The lowest BCUT2D eigenvalue weighted by molar-refractivity contribution is -0.120. The Labute approximate surface area is 368 Å². The Kier molecular flexibility index (Phi) is 14.1. The van der Waals surface area contributed by atoms with Crippen molar-refractivity contribution in [2.75, 3.05) is 18.9 Å². The van der Waals surface area contributed by atoms with Gasteiger partial charge in [-0.3, -0.25) is 9.59 Å². The normalized spacial score (nSPS) is 14.7. The summed E-state index contributed by atoms with van der Waals surface area (Å²) in [5.74, 6) is -0.690. The van der Waals surface area contributed by atoms with Gasteiger partial charge in [0.25, 0.3) is 5.91 Å². The maximum atomic E-state index is 14.3. The van der Waals surface area contributed by atoms with E-state index >= 15 is 0 Å². The Morgan fingerprint density at radius 1 is 0.694 bits per heavy atom. The molecule has 0 bridgehead atoms. The Morgan fingerprint density at radius 3 is 1.68 bits per heavy atom. The van der Waals surface area contributed by atoms with Crippen LogP contribution in [0.3, 0.4) is 0 Å². The number of hydrogen-bond acceptors (Lipinski definition) is 7. The number of primary amides is 1. The van der Waals surface area contributed by atoms with E-state index in [1.807, 2.05) is 112 Å². The number of thioether (sulfide) groups is 1. The summed E-state index contributed by atoms with van der Waals surface area (Å²) in [4.78, 5) is 40.9. The first-order valence-electron chi connectivity index (χ1n) is 21.0. The van der Waals surface area contributed by atoms with Gasteiger partial charge >= 0.3 is 6.09 Å². The maximum absolute atomic E-state index is 14.3. The minimum absolute atomic E-state index is 0.213. The van der Waals surface area contributed by atoms with Crippen molar-refractivity contribution in [3.63, 3.8) is 0 Å². The lowest BCUT2D eigenvalue weighted by atomic mass is 9.84. The molecular formula is C52H54N4O5S. The van der Waals surface area contributed by atoms with Gasteiger partial charge in [-0.1, -0.05) is 164 Å². The van der Waals surface area contributed by atoms with E-state index in [1.165, 1.54) is 0 Å². The van der Waals surface area contributed by atoms with Crippen molar-refractivity contribution in [3.05, 3.63) is 209 Å². The number of ether oxygens (including phenoxy) is 2. The van der Waals surface area contributed by atoms with Crippen LogP contribution in [0.4, 0.5) is 4.79 Å². The SMILES string of the molecule is CC(C)(C)OC(=O)N[C@H](CNC1CCOc2c(C(=O)N[C@H](C(N)=O)C(c3ccccc3)c3ccccc3)cccc21)CSC(c1ccccc1)(c1ccccc1)c1ccccc1. The zero-order chi connectivity index (χ0) is 43.5. The molecule has 0 fully saturated rings. The van der Waals surface area contributed by atoms with Crippen LogP contribution in [0.5, 0.6) is 5.75 Å². The molecule has 62 heavy (non-hydrogen) atoms. The molecule has 3 atom stereocenters. The predicted molar refractivity (Wildman–Crippen MR) is 247 cm³/mol. The molecule has 0 aliphatic carbocycles. The van der Waals surface area contributed by atoms with Gasteiger partial charge in [0.05, 0.1) is 23.0 Å². The number of rotatable bonds is 16. The lowest BCUT2D eigenvalue weighted by Gasteiger charge is -2.37. The van der Waals surface area contributed by atoms with Crippen molar-refractivity contribution in [1.29, 1.82) is 0 Å². The van der Waals surface area contributed by atoms with Gasteiger partial charge in [-0.05, 0) is 54.7 Å². The molecule has 6 aromatic rings. The van der Waals surface area contributed by atoms with Crippen molar-refractivity contribution in [2.24, 2.45) is 5.73 Å². The fourth-order valence-corrected chi connectivity index (χ4v) is 9.72. The molecule has 1 aliphatic heterocycles. The third-order valence-corrected chi connectivity index (χ3v) is 12.6. The molecule has 0 radical (unpaired) electrons. The number of benzene rings is 6. The highest BCUT2D eigenvalue weighted by Gasteiger charge is 2.39. The molecule has 0 saturated carbocycles. The summed E-state index contributed by atoms with van der Waals surface area (Å²) in [6.45, 7) is 6.29. The smallest absolute Gasteiger partial charge is 0.407 e. The molecule has 1 aliphatic rings. The lowest BCUT2D eigenvalue weighted by Crippen LogP contribution is -2.49. The maximum Gasteiger partial charge on any atom is 0.407 e. The van der Waals surface area contributed by atoms with Crippen LogP contribution in [-0.4, -0.2) is 54.5 Å². The Morgan fingerprint density at radius 2 is 1.19 bits per heavy atom. The Balaban J connectivity index is 1.16. The van der Waals surface area contributed by atoms with E-state index in [1.54, 1.807) is 17.8 Å². The number of carbonyl (C=O) groups excluding carboxylic acids is 3. The molecule has 318 valence electrons. The van der Waals surface area contributed by atoms with Gasteiger partial charge in [0.2, 0.25) is 5.91 Å². The first-order valence-corrected chi connectivity index (χ1v) is 22.0. The van der Waals surface area contributed by atoms with Crippen LogP contribution in [0.1, 0.15) is 82.9 Å². The number of alkyl carbamates (subject to hydrolysis) is 1. The van der Waals surface area contributed by atoms with Crippen LogP contribution in [0, 0.1) is 0 Å². The molecule has 1 unspecified atom stereocenters. The molecule has 5 N–H and O–H groups in total. The minimum atomic E-state index is -1.05. The molecule has 6 aromatic carbocycles. The average Bonchev–Trinajstić information content (AvgIpc) is 3.29. The fourth-order valence-electron chi connectivity index (χ4n) is 8.16. The quantitative estimate of drug-likeness (QED) is 0.0715. The highest BCUT2D eigenvalue weighted by molar-refractivity contribution is 8.00. The zero-order valence-corrected chi connectivity index (χ0v) is 36.1. The standard InChI is InChI=1S/C52H54N4O5S/c1-51(2,3)61-50(59)55-41(35-62-52(38-24-13-6-14-25-38,39-26-15-7-16-27-39)40-28-17-8-18-29-40)34-54-44-32-33-60-47-42(44)30-19-31-43(47)49(58)56-46(48(53)57)45(36-20-9-4-10-21-36)37-22-11-5-12-23-37/h4-31,41,44-46,54H,32-35H2,1-3H3,(H2,53,57)(H,55,59)(H,56,58)/t41-,44?,46+/m1/s1. The molecule has 1 heterocycles. The van der Waals surface area contributed by atoms with E-state index < -0.39 is 40.2 Å². The van der Waals surface area contributed by atoms with E-state index in [4.69, 9.17) is 15.2 Å². The summed E-state index contributed by atoms with van der Waals surface area (Å²) in [6.07, 6.45) is 0.120. The second kappa shape index (κ2) is 20.0. The fraction of sp³-hybridized carbons (Fsp3) is 0.250. The number of amides is 3. The van der Waals surface area contributed by atoms with Crippen LogP contribution in [0.2, 0.25) is 0 Å². The van der Waals surface area contributed by atoms with Gasteiger partial charge in [0.15, 0.2) is 0 Å². The highest BCUT2D eigenvalue weighted by atomic mass is 32.2. The van der Waals surface area contributed by atoms with Gasteiger partial charge in [0.1, 0.15) is 17.4 Å². The average molecular weight is 847 g/mol. The van der Waals surface area contributed by atoms with Crippen molar-refractivity contribution < 1.29 is 23.9 Å². The largest absolute Gasteiger partial charge is 0.492 e. The molecule has 10 heteroatoms. The molecule has 9 nitrogen and oxygen atoms in total. The Bertz CT molecular complexity index is 2260. The number of nitrogens with two attached hydrogens (primary N) is 1. The molecule has 0 aromatic heterocycles. The second-order valence-electron chi connectivity index (χ2n) is 16.4. The van der Waals surface area contributed by atoms with Crippen LogP contribution in [0.15, 0.2) is 170 Å². The monoisotopic (exact) mass is 846 g/mol. The van der Waals surface area contributed by atoms with Crippen molar-refractivity contribution in [2.45, 2.75) is 61.6 Å². The summed E-state index contributed by atoms with van der Waals surface area (Å²) < 4.78 is 11.4. The first-order chi connectivity index (χ1) is 30.0. The van der Waals surface area contributed by atoms with Gasteiger partial charge in [0, 0.05) is 36.2 Å².